The molecule has 162 valence electrons. The molecule has 1 aromatic carbocycles. The van der Waals surface area contributed by atoms with Crippen LogP contribution in [0.15, 0.2) is 48.9 Å². The molecule has 3 aromatic rings. The maximum absolute atomic E-state index is 11.4. The number of imidazole rings is 1. The van der Waals surface area contributed by atoms with Crippen LogP contribution in [-0.4, -0.2) is 33.8 Å². The predicted molar refractivity (Wildman–Crippen MR) is 119 cm³/mol. The van der Waals surface area contributed by atoms with E-state index in [0.29, 0.717) is 31.0 Å². The van der Waals surface area contributed by atoms with Crippen LogP contribution in [0.3, 0.4) is 0 Å². The van der Waals surface area contributed by atoms with Crippen LogP contribution in [0, 0.1) is 5.92 Å². The van der Waals surface area contributed by atoms with Crippen molar-refractivity contribution in [1.82, 2.24) is 9.38 Å². The van der Waals surface area contributed by atoms with Gasteiger partial charge in [-0.15, -0.1) is 0 Å². The van der Waals surface area contributed by atoms with E-state index in [1.165, 1.54) is 24.0 Å². The van der Waals surface area contributed by atoms with Crippen LogP contribution < -0.4 is 4.74 Å². The molecule has 6 rings (SSSR count). The van der Waals surface area contributed by atoms with Gasteiger partial charge in [-0.3, -0.25) is 0 Å². The van der Waals surface area contributed by atoms with Crippen molar-refractivity contribution in [3.05, 3.63) is 65.7 Å². The molecule has 0 amide bonds. The number of pyridine rings is 1. The number of aliphatic hydroxyl groups is 1. The SMILES string of the molecule is OC(c1c(C2CC2)ccc2cncn12)C1CCC(c2ccc(OC3COC3)cc2)CC1. The van der Waals surface area contributed by atoms with Crippen molar-refractivity contribution in [3.8, 4) is 5.75 Å². The van der Waals surface area contributed by atoms with Crippen LogP contribution in [-0.2, 0) is 4.74 Å². The van der Waals surface area contributed by atoms with Gasteiger partial charge in [-0.1, -0.05) is 18.2 Å². The Morgan fingerprint density at radius 3 is 2.35 bits per heavy atom. The maximum atomic E-state index is 11.4. The molecule has 3 fully saturated rings. The van der Waals surface area contributed by atoms with Crippen LogP contribution in [0.5, 0.6) is 5.75 Å². The molecule has 1 aliphatic heterocycles. The first-order chi connectivity index (χ1) is 15.3. The first-order valence-corrected chi connectivity index (χ1v) is 11.7. The minimum absolute atomic E-state index is 0.211. The van der Waals surface area contributed by atoms with E-state index in [0.717, 1.165) is 42.6 Å². The second kappa shape index (κ2) is 7.95. The quantitative estimate of drug-likeness (QED) is 0.612. The van der Waals surface area contributed by atoms with Crippen molar-refractivity contribution in [2.75, 3.05) is 13.2 Å². The molecule has 0 spiro atoms. The first-order valence-electron chi connectivity index (χ1n) is 11.7. The van der Waals surface area contributed by atoms with Crippen molar-refractivity contribution in [3.63, 3.8) is 0 Å². The second-order valence-electron chi connectivity index (χ2n) is 9.54. The molecule has 1 unspecified atom stereocenters. The molecule has 1 atom stereocenters. The summed E-state index contributed by atoms with van der Waals surface area (Å²) in [5.41, 5.74) is 4.87. The minimum Gasteiger partial charge on any atom is -0.486 e. The average Bonchev–Trinajstić information content (AvgIpc) is 3.52. The molecule has 1 saturated heterocycles. The van der Waals surface area contributed by atoms with Crippen LogP contribution >= 0.6 is 0 Å². The molecular weight excluding hydrogens is 388 g/mol. The molecule has 5 nitrogen and oxygen atoms in total. The predicted octanol–water partition coefficient (Wildman–Crippen LogP) is 5.00. The Morgan fingerprint density at radius 2 is 1.68 bits per heavy atom. The van der Waals surface area contributed by atoms with Gasteiger partial charge in [0.05, 0.1) is 43.1 Å². The van der Waals surface area contributed by atoms with E-state index in [2.05, 4.69) is 45.8 Å². The van der Waals surface area contributed by atoms with Crippen molar-refractivity contribution in [2.45, 2.75) is 62.6 Å². The summed E-state index contributed by atoms with van der Waals surface area (Å²) < 4.78 is 13.2. The normalized spacial score (nSPS) is 25.3. The highest BCUT2D eigenvalue weighted by molar-refractivity contribution is 5.50. The van der Waals surface area contributed by atoms with Gasteiger partial charge in [0.1, 0.15) is 11.9 Å². The van der Waals surface area contributed by atoms with Crippen LogP contribution in [0.1, 0.15) is 73.3 Å². The average molecular weight is 419 g/mol. The summed E-state index contributed by atoms with van der Waals surface area (Å²) in [6, 6.07) is 13.0. The Bertz CT molecular complexity index is 1040. The van der Waals surface area contributed by atoms with Crippen LogP contribution in [0.25, 0.3) is 5.52 Å². The van der Waals surface area contributed by atoms with E-state index in [9.17, 15) is 5.11 Å². The van der Waals surface area contributed by atoms with E-state index in [1.807, 2.05) is 12.5 Å². The van der Waals surface area contributed by atoms with Gasteiger partial charge in [-0.2, -0.15) is 0 Å². The van der Waals surface area contributed by atoms with Gasteiger partial charge < -0.3 is 19.0 Å². The van der Waals surface area contributed by atoms with Gasteiger partial charge in [-0.25, -0.2) is 4.98 Å². The zero-order valence-electron chi connectivity index (χ0n) is 17.8. The molecule has 2 aliphatic carbocycles. The second-order valence-corrected chi connectivity index (χ2v) is 9.54. The minimum atomic E-state index is -0.421. The summed E-state index contributed by atoms with van der Waals surface area (Å²) in [6.45, 7) is 1.40. The van der Waals surface area contributed by atoms with Gasteiger partial charge >= 0.3 is 0 Å². The number of fused-ring (bicyclic) bond motifs is 1. The third-order valence-corrected chi connectivity index (χ3v) is 7.43. The fraction of sp³-hybridized carbons (Fsp3) is 0.500. The third-order valence-electron chi connectivity index (χ3n) is 7.43. The lowest BCUT2D eigenvalue weighted by atomic mass is 9.75. The summed E-state index contributed by atoms with van der Waals surface area (Å²) in [7, 11) is 0. The molecule has 0 bridgehead atoms. The highest BCUT2D eigenvalue weighted by Gasteiger charge is 2.34. The van der Waals surface area contributed by atoms with E-state index in [4.69, 9.17) is 9.47 Å². The summed E-state index contributed by atoms with van der Waals surface area (Å²) in [6.07, 6.45) is 10.4. The highest BCUT2D eigenvalue weighted by Crippen LogP contribution is 2.47. The number of ether oxygens (including phenoxy) is 2. The molecule has 1 N–H and O–H groups in total. The zero-order valence-corrected chi connectivity index (χ0v) is 17.8. The first kappa shape index (κ1) is 19.3. The van der Waals surface area contributed by atoms with E-state index >= 15 is 0 Å². The van der Waals surface area contributed by atoms with Gasteiger partial charge in [0.25, 0.3) is 0 Å². The van der Waals surface area contributed by atoms with Crippen molar-refractivity contribution >= 4 is 5.52 Å². The molecule has 2 saturated carbocycles. The summed E-state index contributed by atoms with van der Waals surface area (Å²) in [4.78, 5) is 4.33. The van der Waals surface area contributed by atoms with Crippen molar-refractivity contribution in [2.24, 2.45) is 5.92 Å². The number of benzene rings is 1. The number of aromatic nitrogens is 2. The lowest BCUT2D eigenvalue weighted by molar-refractivity contribution is -0.0796. The van der Waals surface area contributed by atoms with E-state index in [1.54, 1.807) is 0 Å². The van der Waals surface area contributed by atoms with Crippen LogP contribution in [0.4, 0.5) is 0 Å². The molecule has 5 heteroatoms. The van der Waals surface area contributed by atoms with E-state index in [-0.39, 0.29) is 6.10 Å². The fourth-order valence-corrected chi connectivity index (χ4v) is 5.37. The standard InChI is InChI=1S/C26H30N2O3/c29-26(25-24(19-3-4-19)12-9-21-13-27-16-28(21)25)20-5-1-17(2-6-20)18-7-10-22(11-8-18)31-23-14-30-15-23/h7-13,16-17,19-20,23,26,29H,1-6,14-15H2. The summed E-state index contributed by atoms with van der Waals surface area (Å²) in [5, 5.41) is 11.4. The Hall–Kier alpha value is -2.37. The number of rotatable bonds is 6. The number of aliphatic hydroxyl groups excluding tert-OH is 1. The lowest BCUT2D eigenvalue weighted by Crippen LogP contribution is -2.38. The lowest BCUT2D eigenvalue weighted by Gasteiger charge is -2.33. The fourth-order valence-electron chi connectivity index (χ4n) is 5.37. The topological polar surface area (TPSA) is 56.0 Å². The maximum Gasteiger partial charge on any atom is 0.145 e. The molecule has 0 radical (unpaired) electrons. The van der Waals surface area contributed by atoms with Gasteiger partial charge in [-0.05, 0) is 85.6 Å². The Kier molecular flexibility index (Phi) is 4.96. The Morgan fingerprint density at radius 1 is 0.935 bits per heavy atom. The molecule has 31 heavy (non-hydrogen) atoms. The third kappa shape index (κ3) is 3.74. The highest BCUT2D eigenvalue weighted by atomic mass is 16.6. The Labute approximate surface area is 183 Å². The number of hydrogen-bond acceptors (Lipinski definition) is 4. The number of nitrogens with zero attached hydrogens (tertiary/aromatic N) is 2. The molecule has 3 aliphatic rings. The Balaban J connectivity index is 1.14. The van der Waals surface area contributed by atoms with Crippen molar-refractivity contribution < 1.29 is 14.6 Å². The monoisotopic (exact) mass is 418 g/mol. The summed E-state index contributed by atoms with van der Waals surface area (Å²) in [5.74, 6) is 2.42. The number of hydrogen-bond donors (Lipinski definition) is 1. The molecule has 2 aromatic heterocycles. The van der Waals surface area contributed by atoms with Gasteiger partial charge in [0.2, 0.25) is 0 Å². The van der Waals surface area contributed by atoms with Gasteiger partial charge in [0.15, 0.2) is 0 Å². The molecule has 3 heterocycles. The van der Waals surface area contributed by atoms with E-state index < -0.39 is 6.10 Å². The largest absolute Gasteiger partial charge is 0.486 e. The van der Waals surface area contributed by atoms with Gasteiger partial charge in [0, 0.05) is 0 Å². The zero-order chi connectivity index (χ0) is 20.8. The smallest absolute Gasteiger partial charge is 0.145 e. The summed E-state index contributed by atoms with van der Waals surface area (Å²) >= 11 is 0. The van der Waals surface area contributed by atoms with Crippen molar-refractivity contribution in [1.29, 1.82) is 0 Å². The molecular formula is C26H30N2O3. The van der Waals surface area contributed by atoms with Crippen LogP contribution in [0.2, 0.25) is 0 Å².